The van der Waals surface area contributed by atoms with E-state index in [4.69, 9.17) is 0 Å². The summed E-state index contributed by atoms with van der Waals surface area (Å²) >= 11 is 0. The monoisotopic (exact) mass is 232 g/mol. The second kappa shape index (κ2) is 4.60. The van der Waals surface area contributed by atoms with Gasteiger partial charge >= 0.3 is 0 Å². The van der Waals surface area contributed by atoms with Crippen LogP contribution >= 0.6 is 0 Å². The molecule has 86 valence electrons. The standard InChI is InChI=1S/C8H6F2N2O4/c1-16-8-4(3-13)2-5(12(14)15)6(11-8)7(9)10/h2-3,7H,1H3. The van der Waals surface area contributed by atoms with Crippen LogP contribution in [-0.4, -0.2) is 23.3 Å². The van der Waals surface area contributed by atoms with Gasteiger partial charge in [-0.15, -0.1) is 0 Å². The Bertz CT molecular complexity index is 436. The van der Waals surface area contributed by atoms with Gasteiger partial charge in [-0.2, -0.15) is 0 Å². The molecule has 0 saturated heterocycles. The molecule has 0 atom stereocenters. The van der Waals surface area contributed by atoms with Gasteiger partial charge in [-0.1, -0.05) is 0 Å². The molecule has 0 amide bonds. The highest BCUT2D eigenvalue weighted by atomic mass is 19.3. The molecule has 0 aliphatic heterocycles. The Morgan fingerprint density at radius 2 is 2.25 bits per heavy atom. The van der Waals surface area contributed by atoms with E-state index in [0.717, 1.165) is 7.11 Å². The maximum Gasteiger partial charge on any atom is 0.297 e. The molecular weight excluding hydrogens is 226 g/mol. The SMILES string of the molecule is COc1nc(C(F)F)c([N+](=O)[O-])cc1C=O. The lowest BCUT2D eigenvalue weighted by molar-refractivity contribution is -0.386. The third kappa shape index (κ3) is 2.10. The van der Waals surface area contributed by atoms with Crippen LogP contribution in [0.2, 0.25) is 0 Å². The van der Waals surface area contributed by atoms with Crippen molar-refractivity contribution >= 4 is 12.0 Å². The summed E-state index contributed by atoms with van der Waals surface area (Å²) in [6, 6.07) is 0.709. The van der Waals surface area contributed by atoms with Crippen molar-refractivity contribution in [2.75, 3.05) is 7.11 Å². The van der Waals surface area contributed by atoms with Crippen molar-refractivity contribution in [1.82, 2.24) is 4.98 Å². The van der Waals surface area contributed by atoms with E-state index in [1.165, 1.54) is 0 Å². The summed E-state index contributed by atoms with van der Waals surface area (Å²) in [4.78, 5) is 23.2. The second-order valence-electron chi connectivity index (χ2n) is 2.67. The van der Waals surface area contributed by atoms with Gasteiger partial charge in [0.25, 0.3) is 12.1 Å². The Kier molecular flexibility index (Phi) is 3.44. The summed E-state index contributed by atoms with van der Waals surface area (Å²) in [5.41, 5.74) is -2.18. The predicted molar refractivity (Wildman–Crippen MR) is 47.8 cm³/mol. The van der Waals surface area contributed by atoms with Gasteiger partial charge in [0.1, 0.15) is 0 Å². The van der Waals surface area contributed by atoms with Gasteiger partial charge in [0.15, 0.2) is 12.0 Å². The number of methoxy groups -OCH3 is 1. The summed E-state index contributed by atoms with van der Waals surface area (Å²) in [6.45, 7) is 0. The molecule has 0 N–H and O–H groups in total. The molecule has 1 heterocycles. The first-order valence-corrected chi connectivity index (χ1v) is 3.98. The maximum atomic E-state index is 12.4. The normalized spacial score (nSPS) is 10.2. The first-order chi connectivity index (χ1) is 7.51. The van der Waals surface area contributed by atoms with Crippen LogP contribution in [0.5, 0.6) is 5.88 Å². The molecule has 16 heavy (non-hydrogen) atoms. The number of aromatic nitrogens is 1. The van der Waals surface area contributed by atoms with E-state index in [9.17, 15) is 23.7 Å². The number of rotatable bonds is 4. The third-order valence-electron chi connectivity index (χ3n) is 1.75. The minimum Gasteiger partial charge on any atom is -0.480 e. The van der Waals surface area contributed by atoms with Crippen LogP contribution in [0, 0.1) is 10.1 Å². The highest BCUT2D eigenvalue weighted by Crippen LogP contribution is 2.30. The summed E-state index contributed by atoms with van der Waals surface area (Å²) in [5.74, 6) is -0.365. The fourth-order valence-electron chi connectivity index (χ4n) is 1.07. The number of nitrogens with zero attached hydrogens (tertiary/aromatic N) is 2. The number of hydrogen-bond donors (Lipinski definition) is 0. The first kappa shape index (κ1) is 12.0. The second-order valence-corrected chi connectivity index (χ2v) is 2.67. The van der Waals surface area contributed by atoms with Crippen LogP contribution < -0.4 is 4.74 Å². The van der Waals surface area contributed by atoms with Crippen molar-refractivity contribution < 1.29 is 23.2 Å². The minimum atomic E-state index is -3.12. The predicted octanol–water partition coefficient (Wildman–Crippen LogP) is 1.75. The minimum absolute atomic E-state index is 0.244. The van der Waals surface area contributed by atoms with E-state index in [2.05, 4.69) is 9.72 Å². The van der Waals surface area contributed by atoms with Gasteiger partial charge in [0, 0.05) is 6.07 Å². The van der Waals surface area contributed by atoms with Crippen molar-refractivity contribution in [1.29, 1.82) is 0 Å². The highest BCUT2D eigenvalue weighted by Gasteiger charge is 2.26. The van der Waals surface area contributed by atoms with E-state index in [0.29, 0.717) is 6.07 Å². The number of nitro groups is 1. The van der Waals surface area contributed by atoms with Crippen LogP contribution in [-0.2, 0) is 0 Å². The molecule has 0 aliphatic rings. The number of carbonyl (C=O) groups is 1. The van der Waals surface area contributed by atoms with E-state index in [-0.39, 0.29) is 17.7 Å². The van der Waals surface area contributed by atoms with Crippen molar-refractivity contribution in [2.24, 2.45) is 0 Å². The molecule has 8 heteroatoms. The third-order valence-corrected chi connectivity index (χ3v) is 1.75. The number of alkyl halides is 2. The Labute approximate surface area is 88.0 Å². The zero-order chi connectivity index (χ0) is 12.3. The van der Waals surface area contributed by atoms with Gasteiger partial charge in [-0.05, 0) is 0 Å². The smallest absolute Gasteiger partial charge is 0.297 e. The Morgan fingerprint density at radius 1 is 1.62 bits per heavy atom. The quantitative estimate of drug-likeness (QED) is 0.448. The number of ether oxygens (including phenoxy) is 1. The molecule has 0 aliphatic carbocycles. The molecule has 0 aromatic carbocycles. The van der Waals surface area contributed by atoms with Gasteiger partial charge < -0.3 is 4.74 Å². The summed E-state index contributed by atoms with van der Waals surface area (Å²) in [5, 5.41) is 10.5. The first-order valence-electron chi connectivity index (χ1n) is 3.98. The highest BCUT2D eigenvalue weighted by molar-refractivity contribution is 5.79. The average molecular weight is 232 g/mol. The lowest BCUT2D eigenvalue weighted by Gasteiger charge is -2.05. The summed E-state index contributed by atoms with van der Waals surface area (Å²) in [6.07, 6.45) is -2.87. The zero-order valence-electron chi connectivity index (χ0n) is 8.02. The molecule has 6 nitrogen and oxygen atoms in total. The fraction of sp³-hybridized carbons (Fsp3) is 0.250. The van der Waals surface area contributed by atoms with Crippen LogP contribution in [0.3, 0.4) is 0 Å². The van der Waals surface area contributed by atoms with Crippen molar-refractivity contribution in [3.63, 3.8) is 0 Å². The fourth-order valence-corrected chi connectivity index (χ4v) is 1.07. The van der Waals surface area contributed by atoms with Gasteiger partial charge in [-0.25, -0.2) is 13.8 Å². The van der Waals surface area contributed by atoms with Crippen molar-refractivity contribution in [3.05, 3.63) is 27.4 Å². The number of carbonyl (C=O) groups excluding carboxylic acids is 1. The maximum absolute atomic E-state index is 12.4. The Balaban J connectivity index is 3.47. The summed E-state index contributed by atoms with van der Waals surface area (Å²) < 4.78 is 29.4. The van der Waals surface area contributed by atoms with Crippen LogP contribution in [0.25, 0.3) is 0 Å². The molecule has 1 aromatic rings. The van der Waals surface area contributed by atoms with E-state index in [1.54, 1.807) is 0 Å². The van der Waals surface area contributed by atoms with Crippen molar-refractivity contribution in [2.45, 2.75) is 6.43 Å². The number of pyridine rings is 1. The van der Waals surface area contributed by atoms with E-state index < -0.39 is 22.7 Å². The molecule has 0 radical (unpaired) electrons. The van der Waals surface area contributed by atoms with Crippen molar-refractivity contribution in [3.8, 4) is 5.88 Å². The summed E-state index contributed by atoms with van der Waals surface area (Å²) in [7, 11) is 1.12. The van der Waals surface area contributed by atoms with Crippen LogP contribution in [0.4, 0.5) is 14.5 Å². The molecule has 1 aromatic heterocycles. The lowest BCUT2D eigenvalue weighted by Crippen LogP contribution is -2.04. The largest absolute Gasteiger partial charge is 0.480 e. The van der Waals surface area contributed by atoms with E-state index >= 15 is 0 Å². The molecule has 0 fully saturated rings. The average Bonchev–Trinajstić information content (AvgIpc) is 2.26. The van der Waals surface area contributed by atoms with Gasteiger partial charge in [0.05, 0.1) is 17.6 Å². The number of aldehydes is 1. The molecular formula is C8H6F2N2O4. The number of halogens is 2. The van der Waals surface area contributed by atoms with Crippen LogP contribution in [0.15, 0.2) is 6.07 Å². The molecule has 1 rings (SSSR count). The van der Waals surface area contributed by atoms with Crippen LogP contribution in [0.1, 0.15) is 22.5 Å². The van der Waals surface area contributed by atoms with Gasteiger partial charge in [0.2, 0.25) is 5.88 Å². The Morgan fingerprint density at radius 3 is 2.62 bits per heavy atom. The molecule has 0 spiro atoms. The topological polar surface area (TPSA) is 82.3 Å². The van der Waals surface area contributed by atoms with E-state index in [1.807, 2.05) is 0 Å². The molecule has 0 unspecified atom stereocenters. The molecule has 0 bridgehead atoms. The molecule has 0 saturated carbocycles. The van der Waals surface area contributed by atoms with Gasteiger partial charge in [-0.3, -0.25) is 14.9 Å². The lowest BCUT2D eigenvalue weighted by atomic mass is 10.2. The number of hydrogen-bond acceptors (Lipinski definition) is 5. The zero-order valence-corrected chi connectivity index (χ0v) is 8.02. The Hall–Kier alpha value is -2.12.